The van der Waals surface area contributed by atoms with Crippen LogP contribution in [0.3, 0.4) is 0 Å². The summed E-state index contributed by atoms with van der Waals surface area (Å²) in [6.45, 7) is 3.79. The highest BCUT2D eigenvalue weighted by atomic mass is 32.1. The van der Waals surface area contributed by atoms with Crippen molar-refractivity contribution in [2.24, 2.45) is 5.92 Å². The molecule has 5 rings (SSSR count). The summed E-state index contributed by atoms with van der Waals surface area (Å²) in [4.78, 5) is 44.3. The molecule has 3 heterocycles. The van der Waals surface area contributed by atoms with Crippen molar-refractivity contribution in [1.82, 2.24) is 9.55 Å². The van der Waals surface area contributed by atoms with Crippen LogP contribution in [0.15, 0.2) is 29.3 Å². The molecule has 2 atom stereocenters. The topological polar surface area (TPSA) is 90.3 Å². The standard InChI is InChI=1S/C22H21N3O4S/c1-11-3-5-14-18(7-11)30-21-19(14)22(28)25(10-23-21)9-16(26)13-4-6-17-15(8-13)24-20(27)12(2)29-17/h4,6,8,10-12H,3,5,7,9H2,1-2H3,(H,24,27). The molecule has 1 aliphatic heterocycles. The van der Waals surface area contributed by atoms with Gasteiger partial charge in [-0.25, -0.2) is 4.98 Å². The maximum atomic E-state index is 13.1. The number of aryl methyl sites for hydroxylation is 1. The molecule has 1 N–H and O–H groups in total. The zero-order chi connectivity index (χ0) is 21.0. The van der Waals surface area contributed by atoms with Crippen LogP contribution in [-0.4, -0.2) is 27.3 Å². The van der Waals surface area contributed by atoms with Crippen molar-refractivity contribution in [3.05, 3.63) is 50.9 Å². The summed E-state index contributed by atoms with van der Waals surface area (Å²) in [6, 6.07) is 4.90. The zero-order valence-electron chi connectivity index (χ0n) is 16.7. The molecular weight excluding hydrogens is 402 g/mol. The number of carbonyl (C=O) groups is 2. The summed E-state index contributed by atoms with van der Waals surface area (Å²) in [5, 5.41) is 3.41. The van der Waals surface area contributed by atoms with E-state index in [2.05, 4.69) is 17.2 Å². The maximum Gasteiger partial charge on any atom is 0.265 e. The van der Waals surface area contributed by atoms with Crippen LogP contribution in [-0.2, 0) is 24.2 Å². The fourth-order valence-corrected chi connectivity index (χ4v) is 5.45. The Bertz CT molecular complexity index is 1260. The Kier molecular flexibility index (Phi) is 4.47. The van der Waals surface area contributed by atoms with Crippen LogP contribution in [0.4, 0.5) is 5.69 Å². The highest BCUT2D eigenvalue weighted by Gasteiger charge is 2.25. The molecule has 2 aromatic heterocycles. The number of nitrogens with one attached hydrogen (secondary N) is 1. The van der Waals surface area contributed by atoms with Crippen LogP contribution >= 0.6 is 11.3 Å². The maximum absolute atomic E-state index is 13.1. The Morgan fingerprint density at radius 1 is 1.33 bits per heavy atom. The molecule has 1 aliphatic carbocycles. The molecule has 8 heteroatoms. The molecule has 0 fully saturated rings. The second kappa shape index (κ2) is 7.05. The van der Waals surface area contributed by atoms with E-state index < -0.39 is 6.10 Å². The molecule has 2 aliphatic rings. The van der Waals surface area contributed by atoms with E-state index in [1.54, 1.807) is 36.5 Å². The molecule has 3 aromatic rings. The summed E-state index contributed by atoms with van der Waals surface area (Å²) < 4.78 is 6.91. The molecule has 7 nitrogen and oxygen atoms in total. The average molecular weight is 423 g/mol. The Labute approximate surface area is 176 Å². The monoisotopic (exact) mass is 423 g/mol. The van der Waals surface area contributed by atoms with Gasteiger partial charge < -0.3 is 10.1 Å². The quantitative estimate of drug-likeness (QED) is 0.654. The predicted octanol–water partition coefficient (Wildman–Crippen LogP) is 3.19. The van der Waals surface area contributed by atoms with Gasteiger partial charge in [0.2, 0.25) is 0 Å². The Morgan fingerprint density at radius 3 is 3.00 bits per heavy atom. The third-order valence-corrected chi connectivity index (χ3v) is 6.99. The number of carbonyl (C=O) groups excluding carboxylic acids is 2. The summed E-state index contributed by atoms with van der Waals surface area (Å²) in [7, 11) is 0. The minimum absolute atomic E-state index is 0.104. The number of Topliss-reactive ketones (excluding diaryl/α,β-unsaturated/α-hetero) is 1. The summed E-state index contributed by atoms with van der Waals surface area (Å²) >= 11 is 1.59. The third kappa shape index (κ3) is 3.11. The number of hydrogen-bond donors (Lipinski definition) is 1. The van der Waals surface area contributed by atoms with Crippen LogP contribution in [0, 0.1) is 5.92 Å². The first kappa shape index (κ1) is 19.0. The Hall–Kier alpha value is -3.00. The van der Waals surface area contributed by atoms with Gasteiger partial charge in [0.05, 0.1) is 23.9 Å². The molecule has 1 amide bonds. The van der Waals surface area contributed by atoms with Crippen molar-refractivity contribution < 1.29 is 14.3 Å². The van der Waals surface area contributed by atoms with Crippen molar-refractivity contribution >= 4 is 38.9 Å². The highest BCUT2D eigenvalue weighted by Crippen LogP contribution is 2.35. The predicted molar refractivity (Wildman–Crippen MR) is 115 cm³/mol. The molecule has 0 saturated carbocycles. The van der Waals surface area contributed by atoms with Gasteiger partial charge in [-0.1, -0.05) is 6.92 Å². The Morgan fingerprint density at radius 2 is 2.17 bits per heavy atom. The van der Waals surface area contributed by atoms with Gasteiger partial charge in [-0.05, 0) is 55.9 Å². The number of ketones is 1. The van der Waals surface area contributed by atoms with Crippen molar-refractivity contribution in [3.63, 3.8) is 0 Å². The number of amides is 1. The van der Waals surface area contributed by atoms with Gasteiger partial charge in [0, 0.05) is 10.4 Å². The summed E-state index contributed by atoms with van der Waals surface area (Å²) in [6.07, 6.45) is 3.81. The number of fused-ring (bicyclic) bond motifs is 4. The first-order chi connectivity index (χ1) is 14.4. The molecule has 1 aromatic carbocycles. The highest BCUT2D eigenvalue weighted by molar-refractivity contribution is 7.18. The number of benzene rings is 1. The lowest BCUT2D eigenvalue weighted by Gasteiger charge is -2.23. The van der Waals surface area contributed by atoms with Crippen molar-refractivity contribution in [3.8, 4) is 5.75 Å². The van der Waals surface area contributed by atoms with E-state index in [1.807, 2.05) is 0 Å². The zero-order valence-corrected chi connectivity index (χ0v) is 17.5. The van der Waals surface area contributed by atoms with Gasteiger partial charge in [0.15, 0.2) is 11.9 Å². The molecule has 0 spiro atoms. The van der Waals surface area contributed by atoms with Crippen molar-refractivity contribution in [2.75, 3.05) is 5.32 Å². The summed E-state index contributed by atoms with van der Waals surface area (Å²) in [5.41, 5.74) is 1.81. The van der Waals surface area contributed by atoms with E-state index in [0.29, 0.717) is 28.3 Å². The first-order valence-electron chi connectivity index (χ1n) is 10.0. The second-order valence-electron chi connectivity index (χ2n) is 8.09. The summed E-state index contributed by atoms with van der Waals surface area (Å²) in [5.74, 6) is 0.657. The number of rotatable bonds is 3. The molecule has 2 unspecified atom stereocenters. The van der Waals surface area contributed by atoms with Crippen LogP contribution in [0.25, 0.3) is 10.2 Å². The number of nitrogens with zero attached hydrogens (tertiary/aromatic N) is 2. The van der Waals surface area contributed by atoms with Gasteiger partial charge in [0.25, 0.3) is 11.5 Å². The number of aromatic nitrogens is 2. The fraction of sp³-hybridized carbons (Fsp3) is 0.364. The van der Waals surface area contributed by atoms with Gasteiger partial charge >= 0.3 is 0 Å². The molecule has 0 bridgehead atoms. The Balaban J connectivity index is 1.45. The lowest BCUT2D eigenvalue weighted by atomic mass is 9.89. The van der Waals surface area contributed by atoms with Gasteiger partial charge in [-0.2, -0.15) is 0 Å². The van der Waals surface area contributed by atoms with Gasteiger partial charge in [0.1, 0.15) is 10.6 Å². The fourth-order valence-electron chi connectivity index (χ4n) is 4.11. The number of ether oxygens (including phenoxy) is 1. The van der Waals surface area contributed by atoms with E-state index in [9.17, 15) is 14.4 Å². The van der Waals surface area contributed by atoms with Gasteiger partial charge in [-0.3, -0.25) is 19.0 Å². The number of hydrogen-bond acceptors (Lipinski definition) is 6. The minimum Gasteiger partial charge on any atom is -0.479 e. The SMILES string of the molecule is CC1CCc2c(sc3ncn(CC(=O)c4ccc5c(c4)NC(=O)C(C)O5)c(=O)c23)C1. The molecule has 30 heavy (non-hydrogen) atoms. The van der Waals surface area contributed by atoms with Crippen LogP contribution < -0.4 is 15.6 Å². The van der Waals surface area contributed by atoms with Gasteiger partial charge in [-0.15, -0.1) is 11.3 Å². The van der Waals surface area contributed by atoms with Crippen LogP contribution in [0.1, 0.15) is 41.1 Å². The van der Waals surface area contributed by atoms with E-state index in [-0.39, 0.29) is 23.8 Å². The van der Waals surface area contributed by atoms with E-state index in [4.69, 9.17) is 4.74 Å². The second-order valence-corrected chi connectivity index (χ2v) is 9.18. The number of anilines is 1. The first-order valence-corrected chi connectivity index (χ1v) is 10.9. The third-order valence-electron chi connectivity index (χ3n) is 5.83. The lowest BCUT2D eigenvalue weighted by molar-refractivity contribution is -0.122. The normalized spacial score (nSPS) is 20.3. The number of thiophene rings is 1. The van der Waals surface area contributed by atoms with Crippen LogP contribution in [0.2, 0.25) is 0 Å². The van der Waals surface area contributed by atoms with Crippen molar-refractivity contribution in [2.45, 2.75) is 45.8 Å². The lowest BCUT2D eigenvalue weighted by Crippen LogP contribution is -2.34. The average Bonchev–Trinajstić information content (AvgIpc) is 3.08. The van der Waals surface area contributed by atoms with E-state index in [1.165, 1.54) is 15.8 Å². The smallest absolute Gasteiger partial charge is 0.265 e. The molecular formula is C22H21N3O4S. The van der Waals surface area contributed by atoms with E-state index >= 15 is 0 Å². The van der Waals surface area contributed by atoms with Crippen molar-refractivity contribution in [1.29, 1.82) is 0 Å². The largest absolute Gasteiger partial charge is 0.479 e. The molecule has 0 radical (unpaired) electrons. The minimum atomic E-state index is -0.574. The molecule has 154 valence electrons. The van der Waals surface area contributed by atoms with E-state index in [0.717, 1.165) is 29.7 Å². The van der Waals surface area contributed by atoms with Crippen LogP contribution in [0.5, 0.6) is 5.75 Å². The molecule has 0 saturated heterocycles.